The normalized spacial score (nSPS) is 12.2. The third kappa shape index (κ3) is 3.20. The molecule has 0 aliphatic carbocycles. The Kier molecular flexibility index (Phi) is 4.73. The average Bonchev–Trinajstić information content (AvgIpc) is 2.27. The molecule has 0 saturated carbocycles. The van der Waals surface area contributed by atoms with Crippen LogP contribution in [0, 0.1) is 5.95 Å². The van der Waals surface area contributed by atoms with E-state index in [1.807, 2.05) is 13.2 Å². The predicted octanol–water partition coefficient (Wildman–Crippen LogP) is 2.04. The molecule has 0 fully saturated rings. The second-order valence-electron chi connectivity index (χ2n) is 3.57. The van der Waals surface area contributed by atoms with Crippen LogP contribution >= 0.6 is 11.8 Å². The van der Waals surface area contributed by atoms with E-state index in [1.165, 1.54) is 18.2 Å². The van der Waals surface area contributed by atoms with Gasteiger partial charge in [-0.2, -0.15) is 16.2 Å². The number of nitrogens with zero attached hydrogens (tertiary/aromatic N) is 2. The number of hydrogen-bond donors (Lipinski definition) is 0. The van der Waals surface area contributed by atoms with Crippen LogP contribution in [0.15, 0.2) is 18.2 Å². The zero-order valence-electron chi connectivity index (χ0n) is 9.61. The first kappa shape index (κ1) is 13.0. The molecule has 3 nitrogen and oxygen atoms in total. The monoisotopic (exact) mass is 242 g/mol. The summed E-state index contributed by atoms with van der Waals surface area (Å²) in [6.07, 6.45) is 1.98. The number of carbonyl (C=O) groups excluding carboxylic acids is 1. The molecule has 1 aromatic heterocycles. The lowest BCUT2D eigenvalue weighted by Crippen LogP contribution is -2.37. The van der Waals surface area contributed by atoms with E-state index in [9.17, 15) is 9.18 Å². The van der Waals surface area contributed by atoms with E-state index in [1.54, 1.807) is 23.7 Å². The maximum atomic E-state index is 12.9. The number of aromatic nitrogens is 1. The molecule has 1 aromatic rings. The summed E-state index contributed by atoms with van der Waals surface area (Å²) in [7, 11) is 1.70. The number of hydrogen-bond acceptors (Lipinski definition) is 3. The molecule has 0 saturated heterocycles. The third-order valence-electron chi connectivity index (χ3n) is 2.32. The Morgan fingerprint density at radius 1 is 1.62 bits per heavy atom. The van der Waals surface area contributed by atoms with Gasteiger partial charge in [0, 0.05) is 18.8 Å². The molecule has 1 amide bonds. The second kappa shape index (κ2) is 5.84. The van der Waals surface area contributed by atoms with Crippen molar-refractivity contribution >= 4 is 17.7 Å². The summed E-state index contributed by atoms with van der Waals surface area (Å²) in [6.45, 7) is 1.95. The zero-order valence-corrected chi connectivity index (χ0v) is 10.4. The van der Waals surface area contributed by atoms with Crippen molar-refractivity contribution in [1.82, 2.24) is 9.88 Å². The lowest BCUT2D eigenvalue weighted by molar-refractivity contribution is 0.0750. The number of rotatable bonds is 4. The third-order valence-corrected chi connectivity index (χ3v) is 3.14. The molecule has 0 N–H and O–H groups in total. The van der Waals surface area contributed by atoms with Crippen LogP contribution in [0.25, 0.3) is 0 Å². The van der Waals surface area contributed by atoms with E-state index in [0.717, 1.165) is 5.75 Å². The predicted molar refractivity (Wildman–Crippen MR) is 64.1 cm³/mol. The van der Waals surface area contributed by atoms with Gasteiger partial charge in [0.15, 0.2) is 0 Å². The van der Waals surface area contributed by atoms with Gasteiger partial charge in [0.05, 0.1) is 0 Å². The maximum Gasteiger partial charge on any atom is 0.272 e. The van der Waals surface area contributed by atoms with Crippen LogP contribution in [-0.2, 0) is 0 Å². The highest BCUT2D eigenvalue weighted by molar-refractivity contribution is 7.98. The van der Waals surface area contributed by atoms with Crippen molar-refractivity contribution < 1.29 is 9.18 Å². The van der Waals surface area contributed by atoms with Gasteiger partial charge in [-0.25, -0.2) is 4.98 Å². The van der Waals surface area contributed by atoms with Crippen molar-refractivity contribution in [3.8, 4) is 0 Å². The lowest BCUT2D eigenvalue weighted by atomic mass is 10.2. The van der Waals surface area contributed by atoms with Gasteiger partial charge in [0.1, 0.15) is 5.69 Å². The number of amides is 1. The molecule has 0 bridgehead atoms. The van der Waals surface area contributed by atoms with Gasteiger partial charge in [-0.3, -0.25) is 4.79 Å². The largest absolute Gasteiger partial charge is 0.337 e. The zero-order chi connectivity index (χ0) is 12.1. The molecule has 1 atom stereocenters. The molecule has 0 spiro atoms. The van der Waals surface area contributed by atoms with Crippen LogP contribution in [-0.4, -0.2) is 40.9 Å². The smallest absolute Gasteiger partial charge is 0.272 e. The first-order chi connectivity index (χ1) is 7.56. The number of carbonyl (C=O) groups is 1. The van der Waals surface area contributed by atoms with Gasteiger partial charge < -0.3 is 4.90 Å². The summed E-state index contributed by atoms with van der Waals surface area (Å²) in [5.74, 6) is -0.0322. The van der Waals surface area contributed by atoms with Gasteiger partial charge in [-0.15, -0.1) is 0 Å². The highest BCUT2D eigenvalue weighted by Crippen LogP contribution is 2.08. The van der Waals surface area contributed by atoms with Crippen LogP contribution < -0.4 is 0 Å². The topological polar surface area (TPSA) is 33.2 Å². The fourth-order valence-electron chi connectivity index (χ4n) is 1.26. The molecule has 16 heavy (non-hydrogen) atoms. The first-order valence-corrected chi connectivity index (χ1v) is 6.34. The van der Waals surface area contributed by atoms with E-state index in [2.05, 4.69) is 4.98 Å². The Hall–Kier alpha value is -1.10. The van der Waals surface area contributed by atoms with Gasteiger partial charge in [0.2, 0.25) is 5.95 Å². The van der Waals surface area contributed by atoms with E-state index >= 15 is 0 Å². The van der Waals surface area contributed by atoms with Crippen molar-refractivity contribution in [2.75, 3.05) is 19.1 Å². The van der Waals surface area contributed by atoms with E-state index in [-0.39, 0.29) is 17.6 Å². The standard InChI is InChI=1S/C11H15FN2OS/c1-8(7-16-3)14(2)11(15)9-5-4-6-10(12)13-9/h4-6,8H,7H2,1-3H3. The molecule has 1 unspecified atom stereocenters. The van der Waals surface area contributed by atoms with Crippen LogP contribution in [0.4, 0.5) is 4.39 Å². The van der Waals surface area contributed by atoms with Gasteiger partial charge in [-0.1, -0.05) is 6.07 Å². The Balaban J connectivity index is 2.77. The molecule has 5 heteroatoms. The summed E-state index contributed by atoms with van der Waals surface area (Å²) in [5.41, 5.74) is 0.149. The summed E-state index contributed by atoms with van der Waals surface area (Å²) < 4.78 is 12.9. The molecule has 88 valence electrons. The van der Waals surface area contributed by atoms with Crippen LogP contribution in [0.3, 0.4) is 0 Å². The molecule has 0 aliphatic heterocycles. The first-order valence-electron chi connectivity index (χ1n) is 4.95. The summed E-state index contributed by atoms with van der Waals surface area (Å²) in [6, 6.07) is 4.34. The van der Waals surface area contributed by atoms with Crippen molar-refractivity contribution in [3.05, 3.63) is 29.8 Å². The SMILES string of the molecule is CSCC(C)N(C)C(=O)c1cccc(F)n1. The van der Waals surface area contributed by atoms with Crippen LogP contribution in [0.1, 0.15) is 17.4 Å². The minimum absolute atomic E-state index is 0.104. The summed E-state index contributed by atoms with van der Waals surface area (Å²) >= 11 is 1.67. The minimum Gasteiger partial charge on any atom is -0.337 e. The molecule has 1 rings (SSSR count). The van der Waals surface area contributed by atoms with Crippen molar-refractivity contribution in [1.29, 1.82) is 0 Å². The van der Waals surface area contributed by atoms with Crippen LogP contribution in [0.5, 0.6) is 0 Å². The van der Waals surface area contributed by atoms with Crippen molar-refractivity contribution in [2.45, 2.75) is 13.0 Å². The van der Waals surface area contributed by atoms with Crippen molar-refractivity contribution in [3.63, 3.8) is 0 Å². The fraction of sp³-hybridized carbons (Fsp3) is 0.455. The Morgan fingerprint density at radius 3 is 2.88 bits per heavy atom. The van der Waals surface area contributed by atoms with E-state index in [4.69, 9.17) is 0 Å². The molecule has 0 aliphatic rings. The minimum atomic E-state index is -0.628. The summed E-state index contributed by atoms with van der Waals surface area (Å²) in [5, 5.41) is 0. The highest BCUT2D eigenvalue weighted by atomic mass is 32.2. The number of thioether (sulfide) groups is 1. The highest BCUT2D eigenvalue weighted by Gasteiger charge is 2.18. The van der Waals surface area contributed by atoms with Gasteiger partial charge in [0.25, 0.3) is 5.91 Å². The number of pyridine rings is 1. The second-order valence-corrected chi connectivity index (χ2v) is 4.48. The maximum absolute atomic E-state index is 12.9. The lowest BCUT2D eigenvalue weighted by Gasteiger charge is -2.23. The fourth-order valence-corrected chi connectivity index (χ4v) is 1.97. The summed E-state index contributed by atoms with van der Waals surface area (Å²) in [4.78, 5) is 17.1. The Labute approximate surface area is 99.1 Å². The number of halogens is 1. The van der Waals surface area contributed by atoms with E-state index < -0.39 is 5.95 Å². The molecular weight excluding hydrogens is 227 g/mol. The average molecular weight is 242 g/mol. The molecular formula is C11H15FN2OS. The Morgan fingerprint density at radius 2 is 2.31 bits per heavy atom. The van der Waals surface area contributed by atoms with Crippen molar-refractivity contribution in [2.24, 2.45) is 0 Å². The van der Waals surface area contributed by atoms with Gasteiger partial charge >= 0.3 is 0 Å². The molecule has 0 radical (unpaired) electrons. The Bertz CT molecular complexity index is 373. The quantitative estimate of drug-likeness (QED) is 0.758. The molecule has 0 aromatic carbocycles. The van der Waals surface area contributed by atoms with Crippen LogP contribution in [0.2, 0.25) is 0 Å². The van der Waals surface area contributed by atoms with Gasteiger partial charge in [-0.05, 0) is 25.3 Å². The van der Waals surface area contributed by atoms with E-state index in [0.29, 0.717) is 0 Å². The molecule has 1 heterocycles.